The van der Waals surface area contributed by atoms with Crippen molar-refractivity contribution in [1.82, 2.24) is 19.7 Å². The number of benzene rings is 1. The lowest BCUT2D eigenvalue weighted by Crippen LogP contribution is -2.31. The molecule has 3 aromatic rings. The molecule has 1 aliphatic heterocycles. The second kappa shape index (κ2) is 9.45. The van der Waals surface area contributed by atoms with Crippen LogP contribution in [0.4, 0.5) is 0 Å². The van der Waals surface area contributed by atoms with Crippen molar-refractivity contribution in [1.29, 1.82) is 0 Å². The minimum absolute atomic E-state index is 0.324. The molecule has 0 unspecified atom stereocenters. The van der Waals surface area contributed by atoms with Crippen molar-refractivity contribution < 1.29 is 19.0 Å². The number of carbonyl (C=O) groups excluding carboxylic acids is 1. The lowest BCUT2D eigenvalue weighted by atomic mass is 10.0. The molecule has 0 atom stereocenters. The van der Waals surface area contributed by atoms with E-state index in [1.54, 1.807) is 21.1 Å². The maximum absolute atomic E-state index is 12.5. The third-order valence-electron chi connectivity index (χ3n) is 5.54. The molecule has 0 radical (unpaired) electrons. The van der Waals surface area contributed by atoms with Crippen LogP contribution in [-0.2, 0) is 35.5 Å². The Kier molecular flexibility index (Phi) is 6.48. The molecule has 1 aliphatic rings. The number of fused-ring (bicyclic) bond motifs is 2. The van der Waals surface area contributed by atoms with Gasteiger partial charge in [-0.3, -0.25) is 9.58 Å². The third kappa shape index (κ3) is 4.40. The van der Waals surface area contributed by atoms with Crippen molar-refractivity contribution in [2.75, 3.05) is 34.0 Å². The zero-order valence-corrected chi connectivity index (χ0v) is 18.3. The number of aromatic nitrogens is 3. The van der Waals surface area contributed by atoms with Gasteiger partial charge in [0.15, 0.2) is 5.69 Å². The van der Waals surface area contributed by atoms with Gasteiger partial charge >= 0.3 is 5.97 Å². The predicted octanol–water partition coefficient (Wildman–Crippen LogP) is 2.82. The monoisotopic (exact) mass is 424 g/mol. The molecule has 0 aliphatic carbocycles. The molecule has 0 saturated carbocycles. The molecular weight excluding hydrogens is 396 g/mol. The predicted molar refractivity (Wildman–Crippen MR) is 116 cm³/mol. The fraction of sp³-hybridized carbons (Fsp3) is 0.435. The van der Waals surface area contributed by atoms with Crippen molar-refractivity contribution in [3.05, 3.63) is 53.0 Å². The Morgan fingerprint density at radius 1 is 1.19 bits per heavy atom. The van der Waals surface area contributed by atoms with E-state index in [2.05, 4.69) is 16.1 Å². The van der Waals surface area contributed by atoms with Crippen LogP contribution in [0.2, 0.25) is 0 Å². The van der Waals surface area contributed by atoms with Gasteiger partial charge in [-0.25, -0.2) is 9.78 Å². The normalized spacial score (nSPS) is 13.9. The van der Waals surface area contributed by atoms with Crippen LogP contribution in [-0.4, -0.2) is 59.6 Å². The number of esters is 1. The molecule has 164 valence electrons. The molecule has 2 aromatic heterocycles. The summed E-state index contributed by atoms with van der Waals surface area (Å²) >= 11 is 0. The van der Waals surface area contributed by atoms with E-state index in [0.29, 0.717) is 38.5 Å². The first-order chi connectivity index (χ1) is 15.1. The average molecular weight is 425 g/mol. The van der Waals surface area contributed by atoms with Gasteiger partial charge in [0, 0.05) is 49.8 Å². The molecule has 31 heavy (non-hydrogen) atoms. The number of nitrogens with zero attached hydrogens (tertiary/aromatic N) is 4. The zero-order valence-electron chi connectivity index (χ0n) is 18.3. The fourth-order valence-electron chi connectivity index (χ4n) is 4.05. The van der Waals surface area contributed by atoms with Gasteiger partial charge in [0.1, 0.15) is 11.3 Å². The van der Waals surface area contributed by atoms with Crippen LogP contribution in [0.3, 0.4) is 0 Å². The van der Waals surface area contributed by atoms with Gasteiger partial charge in [0.2, 0.25) is 0 Å². The second-order valence-corrected chi connectivity index (χ2v) is 7.51. The van der Waals surface area contributed by atoms with Gasteiger partial charge in [-0.15, -0.1) is 0 Å². The summed E-state index contributed by atoms with van der Waals surface area (Å²) < 4.78 is 17.8. The van der Waals surface area contributed by atoms with E-state index in [9.17, 15) is 4.79 Å². The van der Waals surface area contributed by atoms with E-state index in [4.69, 9.17) is 19.2 Å². The molecule has 8 heteroatoms. The second-order valence-electron chi connectivity index (χ2n) is 7.51. The summed E-state index contributed by atoms with van der Waals surface area (Å²) in [5.74, 6) is 0.398. The fourth-order valence-corrected chi connectivity index (χ4v) is 4.05. The Hall–Kier alpha value is -2.97. The standard InChI is InChI=1S/C23H28N4O4/c1-4-31-23(28)22-18-15-26(11-10-19(18)27(25-22)12-13-29-2)14-17-9-8-16-6-5-7-20(30-3)21(16)24-17/h5-9H,4,10-15H2,1-3H3. The lowest BCUT2D eigenvalue weighted by Gasteiger charge is -2.27. The maximum atomic E-state index is 12.5. The third-order valence-corrected chi connectivity index (χ3v) is 5.54. The van der Waals surface area contributed by atoms with Crippen LogP contribution in [0.25, 0.3) is 10.9 Å². The van der Waals surface area contributed by atoms with Crippen molar-refractivity contribution >= 4 is 16.9 Å². The highest BCUT2D eigenvalue weighted by atomic mass is 16.5. The van der Waals surface area contributed by atoms with Gasteiger partial charge in [-0.1, -0.05) is 18.2 Å². The van der Waals surface area contributed by atoms with Crippen molar-refractivity contribution in [3.8, 4) is 5.75 Å². The SMILES string of the molecule is CCOC(=O)c1nn(CCOC)c2c1CN(Cc1ccc3cccc(OC)c3n1)CC2. The number of ether oxygens (including phenoxy) is 3. The van der Waals surface area contributed by atoms with Crippen LogP contribution < -0.4 is 4.74 Å². The summed E-state index contributed by atoms with van der Waals surface area (Å²) in [6.07, 6.45) is 0.808. The van der Waals surface area contributed by atoms with Crippen molar-refractivity contribution in [2.24, 2.45) is 0 Å². The molecule has 0 spiro atoms. The number of methoxy groups -OCH3 is 2. The van der Waals surface area contributed by atoms with E-state index in [1.165, 1.54) is 0 Å². The smallest absolute Gasteiger partial charge is 0.359 e. The maximum Gasteiger partial charge on any atom is 0.359 e. The summed E-state index contributed by atoms with van der Waals surface area (Å²) in [7, 11) is 3.32. The van der Waals surface area contributed by atoms with E-state index >= 15 is 0 Å². The van der Waals surface area contributed by atoms with Gasteiger partial charge in [0.05, 0.1) is 32.6 Å². The number of hydrogen-bond acceptors (Lipinski definition) is 7. The number of pyridine rings is 1. The van der Waals surface area contributed by atoms with E-state index in [1.807, 2.05) is 28.9 Å². The Bertz CT molecular complexity index is 1080. The Balaban J connectivity index is 1.58. The molecule has 0 amide bonds. The van der Waals surface area contributed by atoms with Crippen molar-refractivity contribution in [3.63, 3.8) is 0 Å². The highest BCUT2D eigenvalue weighted by molar-refractivity contribution is 5.89. The van der Waals surface area contributed by atoms with Crippen LogP contribution in [0.15, 0.2) is 30.3 Å². The summed E-state index contributed by atoms with van der Waals surface area (Å²) in [5.41, 5.74) is 4.26. The molecular formula is C23H28N4O4. The Morgan fingerprint density at radius 2 is 2.06 bits per heavy atom. The Labute approximate surface area is 181 Å². The number of carbonyl (C=O) groups is 1. The highest BCUT2D eigenvalue weighted by Gasteiger charge is 2.29. The van der Waals surface area contributed by atoms with Crippen molar-refractivity contribution in [2.45, 2.75) is 33.0 Å². The average Bonchev–Trinajstić information content (AvgIpc) is 3.15. The quantitative estimate of drug-likeness (QED) is 0.515. The summed E-state index contributed by atoms with van der Waals surface area (Å²) in [4.78, 5) is 19.6. The first-order valence-electron chi connectivity index (χ1n) is 10.5. The number of para-hydroxylation sites is 1. The minimum atomic E-state index is -0.370. The van der Waals surface area contributed by atoms with Crippen LogP contribution in [0, 0.1) is 0 Å². The Morgan fingerprint density at radius 3 is 2.84 bits per heavy atom. The molecule has 8 nitrogen and oxygen atoms in total. The first-order valence-corrected chi connectivity index (χ1v) is 10.5. The van der Waals surface area contributed by atoms with Gasteiger partial charge < -0.3 is 14.2 Å². The van der Waals surface area contributed by atoms with E-state index in [0.717, 1.165) is 46.6 Å². The van der Waals surface area contributed by atoms with Gasteiger partial charge in [-0.05, 0) is 19.1 Å². The topological polar surface area (TPSA) is 78.7 Å². The number of hydrogen-bond donors (Lipinski definition) is 0. The molecule has 0 fully saturated rings. The molecule has 0 bridgehead atoms. The van der Waals surface area contributed by atoms with Gasteiger partial charge in [0.25, 0.3) is 0 Å². The summed E-state index contributed by atoms with van der Waals surface area (Å²) in [6.45, 7) is 5.46. The summed E-state index contributed by atoms with van der Waals surface area (Å²) in [5, 5.41) is 5.61. The lowest BCUT2D eigenvalue weighted by molar-refractivity contribution is 0.0515. The van der Waals surface area contributed by atoms with Crippen LogP contribution in [0.1, 0.15) is 34.4 Å². The highest BCUT2D eigenvalue weighted by Crippen LogP contribution is 2.27. The van der Waals surface area contributed by atoms with Crippen LogP contribution >= 0.6 is 0 Å². The van der Waals surface area contributed by atoms with E-state index < -0.39 is 0 Å². The summed E-state index contributed by atoms with van der Waals surface area (Å²) in [6, 6.07) is 10.0. The van der Waals surface area contributed by atoms with Crippen LogP contribution in [0.5, 0.6) is 5.75 Å². The van der Waals surface area contributed by atoms with Gasteiger partial charge in [-0.2, -0.15) is 5.10 Å². The molecule has 1 aromatic carbocycles. The first kappa shape index (κ1) is 21.3. The minimum Gasteiger partial charge on any atom is -0.494 e. The molecule has 4 rings (SSSR count). The molecule has 0 saturated heterocycles. The zero-order chi connectivity index (χ0) is 21.8. The number of rotatable bonds is 8. The largest absolute Gasteiger partial charge is 0.494 e. The molecule has 0 N–H and O–H groups in total. The molecule has 3 heterocycles. The van der Waals surface area contributed by atoms with E-state index in [-0.39, 0.29) is 5.97 Å².